The van der Waals surface area contributed by atoms with Gasteiger partial charge in [0.2, 0.25) is 0 Å². The van der Waals surface area contributed by atoms with Gasteiger partial charge >= 0.3 is 0 Å². The molecule has 3 aromatic carbocycles. The van der Waals surface area contributed by atoms with Crippen molar-refractivity contribution in [3.8, 4) is 5.75 Å². The van der Waals surface area contributed by atoms with E-state index in [4.69, 9.17) is 4.74 Å². The number of halogens is 3. The van der Waals surface area contributed by atoms with Crippen LogP contribution >= 0.6 is 28.3 Å². The first-order chi connectivity index (χ1) is 13.6. The molecular weight excluding hydrogens is 457 g/mol. The smallest absolute Gasteiger partial charge is 0.141 e. The molecule has 0 aliphatic carbocycles. The van der Waals surface area contributed by atoms with Gasteiger partial charge in [-0.1, -0.05) is 34.1 Å². The Morgan fingerprint density at radius 3 is 2.66 bits per heavy atom. The highest BCUT2D eigenvalue weighted by Crippen LogP contribution is 2.29. The Bertz CT molecular complexity index is 1160. The van der Waals surface area contributed by atoms with Crippen molar-refractivity contribution in [2.24, 2.45) is 0 Å². The van der Waals surface area contributed by atoms with E-state index in [1.807, 2.05) is 43.3 Å². The molecule has 0 unspecified atom stereocenters. The first-order valence-electron chi connectivity index (χ1n) is 8.74. The Balaban J connectivity index is 0.00000240. The average Bonchev–Trinajstić information content (AvgIpc) is 2.69. The second kappa shape index (κ2) is 9.20. The Morgan fingerprint density at radius 1 is 1.03 bits per heavy atom. The number of nitrogens with one attached hydrogen (secondary N) is 1. The van der Waals surface area contributed by atoms with Crippen LogP contribution in [0.4, 0.5) is 15.9 Å². The quantitative estimate of drug-likeness (QED) is 0.355. The van der Waals surface area contributed by atoms with Gasteiger partial charge in [-0.25, -0.2) is 14.4 Å². The molecule has 4 nitrogen and oxygen atoms in total. The van der Waals surface area contributed by atoms with Crippen LogP contribution in [0.1, 0.15) is 11.1 Å². The fourth-order valence-corrected chi connectivity index (χ4v) is 3.26. The molecule has 4 rings (SSSR count). The van der Waals surface area contributed by atoms with E-state index >= 15 is 0 Å². The van der Waals surface area contributed by atoms with Gasteiger partial charge in [-0.2, -0.15) is 0 Å². The maximum atomic E-state index is 13.7. The highest BCUT2D eigenvalue weighted by molar-refractivity contribution is 9.10. The van der Waals surface area contributed by atoms with Gasteiger partial charge in [-0.3, -0.25) is 0 Å². The van der Waals surface area contributed by atoms with Crippen molar-refractivity contribution in [1.29, 1.82) is 0 Å². The van der Waals surface area contributed by atoms with Gasteiger partial charge in [-0.05, 0) is 55.0 Å². The highest BCUT2D eigenvalue weighted by Gasteiger charge is 2.08. The minimum atomic E-state index is -0.265. The predicted octanol–water partition coefficient (Wildman–Crippen LogP) is 6.58. The maximum Gasteiger partial charge on any atom is 0.141 e. The molecule has 0 aliphatic rings. The lowest BCUT2D eigenvalue weighted by Gasteiger charge is -2.13. The Morgan fingerprint density at radius 2 is 1.86 bits per heavy atom. The topological polar surface area (TPSA) is 47.0 Å². The summed E-state index contributed by atoms with van der Waals surface area (Å²) in [6, 6.07) is 18.2. The number of aromatic nitrogens is 2. The SMILES string of the molecule is Cc1cc(OCc2ccccc2F)ccc1Nc1ncnc2ccc(Br)cc12.Cl. The summed E-state index contributed by atoms with van der Waals surface area (Å²) in [6.07, 6.45) is 1.54. The lowest BCUT2D eigenvalue weighted by atomic mass is 10.1. The molecular formula is C22H18BrClFN3O. The third kappa shape index (κ3) is 4.83. The van der Waals surface area contributed by atoms with Gasteiger partial charge in [0.1, 0.15) is 30.3 Å². The molecule has 0 aliphatic heterocycles. The molecule has 0 bridgehead atoms. The minimum absolute atomic E-state index is 0. The number of aryl methyl sites for hydroxylation is 1. The average molecular weight is 475 g/mol. The third-order valence-corrected chi connectivity index (χ3v) is 4.89. The van der Waals surface area contributed by atoms with Crippen molar-refractivity contribution >= 4 is 50.7 Å². The molecule has 1 N–H and O–H groups in total. The molecule has 29 heavy (non-hydrogen) atoms. The molecule has 4 aromatic rings. The summed E-state index contributed by atoms with van der Waals surface area (Å²) >= 11 is 3.49. The summed E-state index contributed by atoms with van der Waals surface area (Å²) in [4.78, 5) is 8.68. The molecule has 0 amide bonds. The van der Waals surface area contributed by atoms with Crippen LogP contribution in [0.15, 0.2) is 71.5 Å². The van der Waals surface area contributed by atoms with E-state index < -0.39 is 0 Å². The molecule has 0 saturated carbocycles. The maximum absolute atomic E-state index is 13.7. The van der Waals surface area contributed by atoms with Crippen LogP contribution in [0.3, 0.4) is 0 Å². The van der Waals surface area contributed by atoms with Crippen LogP contribution in [0.2, 0.25) is 0 Å². The Labute approximate surface area is 182 Å². The van der Waals surface area contributed by atoms with Crippen LogP contribution in [0, 0.1) is 12.7 Å². The van der Waals surface area contributed by atoms with Gasteiger partial charge in [0.05, 0.1) is 5.52 Å². The van der Waals surface area contributed by atoms with Crippen LogP contribution in [-0.4, -0.2) is 9.97 Å². The normalized spacial score (nSPS) is 10.4. The zero-order valence-corrected chi connectivity index (χ0v) is 17.9. The van der Waals surface area contributed by atoms with Gasteiger partial charge in [-0.15, -0.1) is 12.4 Å². The van der Waals surface area contributed by atoms with Gasteiger partial charge < -0.3 is 10.1 Å². The number of fused-ring (bicyclic) bond motifs is 1. The summed E-state index contributed by atoms with van der Waals surface area (Å²) in [7, 11) is 0. The van der Waals surface area contributed by atoms with Crippen molar-refractivity contribution in [2.75, 3.05) is 5.32 Å². The van der Waals surface area contributed by atoms with E-state index in [2.05, 4.69) is 31.2 Å². The van der Waals surface area contributed by atoms with E-state index in [-0.39, 0.29) is 24.8 Å². The van der Waals surface area contributed by atoms with Gasteiger partial charge in [0, 0.05) is 21.1 Å². The third-order valence-electron chi connectivity index (χ3n) is 4.40. The van der Waals surface area contributed by atoms with Gasteiger partial charge in [0.15, 0.2) is 0 Å². The Kier molecular flexibility index (Phi) is 6.67. The number of anilines is 2. The minimum Gasteiger partial charge on any atom is -0.489 e. The van der Waals surface area contributed by atoms with Crippen molar-refractivity contribution in [3.05, 3.63) is 88.4 Å². The molecule has 0 atom stereocenters. The fourth-order valence-electron chi connectivity index (χ4n) is 2.90. The van der Waals surface area contributed by atoms with E-state index in [0.717, 1.165) is 32.4 Å². The second-order valence-corrected chi connectivity index (χ2v) is 7.28. The van der Waals surface area contributed by atoms with Gasteiger partial charge in [0.25, 0.3) is 0 Å². The number of ether oxygens (including phenoxy) is 1. The van der Waals surface area contributed by atoms with Crippen molar-refractivity contribution in [2.45, 2.75) is 13.5 Å². The number of benzene rings is 3. The standard InChI is InChI=1S/C22H17BrFN3O.ClH/c1-14-10-17(28-12-15-4-2-3-5-19(15)24)7-9-20(14)27-22-18-11-16(23)6-8-21(18)25-13-26-22;/h2-11,13H,12H2,1H3,(H,25,26,27);1H. The van der Waals surface area contributed by atoms with Crippen molar-refractivity contribution in [3.63, 3.8) is 0 Å². The molecule has 0 radical (unpaired) electrons. The summed E-state index contributed by atoms with van der Waals surface area (Å²) in [5.74, 6) is 1.15. The number of hydrogen-bond donors (Lipinski definition) is 1. The molecule has 148 valence electrons. The summed E-state index contributed by atoms with van der Waals surface area (Å²) in [6.45, 7) is 2.17. The lowest BCUT2D eigenvalue weighted by Crippen LogP contribution is -2.00. The molecule has 1 heterocycles. The number of rotatable bonds is 5. The number of hydrogen-bond acceptors (Lipinski definition) is 4. The van der Waals surface area contributed by atoms with E-state index in [1.54, 1.807) is 24.5 Å². The first kappa shape index (κ1) is 21.0. The van der Waals surface area contributed by atoms with Crippen molar-refractivity contribution in [1.82, 2.24) is 9.97 Å². The van der Waals surface area contributed by atoms with E-state index in [9.17, 15) is 4.39 Å². The molecule has 1 aromatic heterocycles. The van der Waals surface area contributed by atoms with Crippen LogP contribution in [0.5, 0.6) is 5.75 Å². The van der Waals surface area contributed by atoms with Crippen LogP contribution in [0.25, 0.3) is 10.9 Å². The second-order valence-electron chi connectivity index (χ2n) is 6.37. The fraction of sp³-hybridized carbons (Fsp3) is 0.0909. The lowest BCUT2D eigenvalue weighted by molar-refractivity contribution is 0.299. The molecule has 0 saturated heterocycles. The predicted molar refractivity (Wildman–Crippen MR) is 120 cm³/mol. The zero-order valence-electron chi connectivity index (χ0n) is 15.5. The monoisotopic (exact) mass is 473 g/mol. The summed E-state index contributed by atoms with van der Waals surface area (Å²) < 4.78 is 20.4. The highest BCUT2D eigenvalue weighted by atomic mass is 79.9. The zero-order chi connectivity index (χ0) is 19.5. The summed E-state index contributed by atoms with van der Waals surface area (Å²) in [5.41, 5.74) is 3.30. The number of nitrogens with zero attached hydrogens (tertiary/aromatic N) is 2. The molecule has 0 spiro atoms. The largest absolute Gasteiger partial charge is 0.489 e. The molecule has 7 heteroatoms. The van der Waals surface area contributed by atoms with E-state index in [1.165, 1.54) is 6.07 Å². The van der Waals surface area contributed by atoms with Crippen LogP contribution < -0.4 is 10.1 Å². The Hall–Kier alpha value is -2.70. The van der Waals surface area contributed by atoms with E-state index in [0.29, 0.717) is 11.3 Å². The first-order valence-corrected chi connectivity index (χ1v) is 9.53. The van der Waals surface area contributed by atoms with Crippen molar-refractivity contribution < 1.29 is 9.13 Å². The molecule has 0 fully saturated rings. The van der Waals surface area contributed by atoms with Crippen LogP contribution in [-0.2, 0) is 6.61 Å². The summed E-state index contributed by atoms with van der Waals surface area (Å²) in [5, 5.41) is 4.29.